The summed E-state index contributed by atoms with van der Waals surface area (Å²) in [5.74, 6) is 0.706. The van der Waals surface area contributed by atoms with E-state index in [1.165, 1.54) is 28.5 Å². The van der Waals surface area contributed by atoms with E-state index >= 15 is 0 Å². The number of aromatic hydroxyl groups is 1. The molecular weight excluding hydrogens is 402 g/mol. The van der Waals surface area contributed by atoms with Crippen LogP contribution in [0.4, 0.5) is 17.2 Å². The van der Waals surface area contributed by atoms with Gasteiger partial charge in [-0.25, -0.2) is 0 Å². The number of benzene rings is 4. The number of rotatable bonds is 3. The van der Waals surface area contributed by atoms with Crippen molar-refractivity contribution in [3.63, 3.8) is 0 Å². The molecule has 5 aromatic rings. The molecule has 2 heterocycles. The first kappa shape index (κ1) is 18.3. The molecule has 0 atom stereocenters. The average molecular weight is 421 g/mol. The fourth-order valence-electron chi connectivity index (χ4n) is 4.18. The van der Waals surface area contributed by atoms with Crippen molar-refractivity contribution < 1.29 is 9.90 Å². The quantitative estimate of drug-likeness (QED) is 0.307. The molecule has 156 valence electrons. The fourth-order valence-corrected chi connectivity index (χ4v) is 4.18. The molecule has 0 aliphatic carbocycles. The Balaban J connectivity index is 1.28. The largest absolute Gasteiger partial charge is 0.508 e. The standard InChI is InChI=1S/C25H19N5O2/c31-18-9-7-17(8-10-18)26-25(32)16-5-11-20-23(13-16)27-28-24(20)30-14-21-19-4-2-1-3-15(19)6-12-22(21)29-30/h1-13,29,31H,14H2,(H,26,32)(H,27,28). The summed E-state index contributed by atoms with van der Waals surface area (Å²) in [6.45, 7) is 0.694. The maximum Gasteiger partial charge on any atom is 0.255 e. The van der Waals surface area contributed by atoms with Crippen LogP contribution in [0.15, 0.2) is 78.9 Å². The van der Waals surface area contributed by atoms with Gasteiger partial charge in [0, 0.05) is 22.2 Å². The number of amides is 1. The topological polar surface area (TPSA) is 93.3 Å². The van der Waals surface area contributed by atoms with Gasteiger partial charge in [-0.3, -0.25) is 20.3 Å². The minimum absolute atomic E-state index is 0.153. The lowest BCUT2D eigenvalue weighted by Crippen LogP contribution is -2.23. The summed E-state index contributed by atoms with van der Waals surface area (Å²) in [5, 5.41) is 25.2. The van der Waals surface area contributed by atoms with Gasteiger partial charge in [0.2, 0.25) is 0 Å². The monoisotopic (exact) mass is 421 g/mol. The molecule has 0 saturated heterocycles. The zero-order chi connectivity index (χ0) is 21.7. The van der Waals surface area contributed by atoms with E-state index < -0.39 is 0 Å². The molecule has 1 aliphatic rings. The number of aromatic amines is 1. The Labute approximate surface area is 183 Å². The molecular formula is C25H19N5O2. The predicted octanol–water partition coefficient (Wildman–Crippen LogP) is 5.02. The molecule has 1 aliphatic heterocycles. The summed E-state index contributed by atoms with van der Waals surface area (Å²) in [4.78, 5) is 12.6. The third-order valence-corrected chi connectivity index (χ3v) is 5.80. The van der Waals surface area contributed by atoms with Gasteiger partial charge in [0.05, 0.1) is 17.7 Å². The molecule has 6 rings (SSSR count). The molecule has 7 heteroatoms. The van der Waals surface area contributed by atoms with Crippen LogP contribution in [-0.2, 0) is 6.54 Å². The zero-order valence-corrected chi connectivity index (χ0v) is 17.0. The van der Waals surface area contributed by atoms with Gasteiger partial charge < -0.3 is 10.4 Å². The Morgan fingerprint density at radius 1 is 0.969 bits per heavy atom. The Morgan fingerprint density at radius 3 is 2.69 bits per heavy atom. The third kappa shape index (κ3) is 2.99. The number of fused-ring (bicyclic) bond motifs is 4. The van der Waals surface area contributed by atoms with Crippen molar-refractivity contribution >= 4 is 44.8 Å². The smallest absolute Gasteiger partial charge is 0.255 e. The number of hydrogen-bond acceptors (Lipinski definition) is 5. The van der Waals surface area contributed by atoms with Crippen LogP contribution in [0.25, 0.3) is 21.7 Å². The first-order chi connectivity index (χ1) is 15.7. The van der Waals surface area contributed by atoms with Crippen molar-refractivity contribution in [3.05, 3.63) is 90.0 Å². The van der Waals surface area contributed by atoms with Gasteiger partial charge in [0.25, 0.3) is 5.91 Å². The van der Waals surface area contributed by atoms with E-state index in [2.05, 4.69) is 51.3 Å². The molecule has 0 spiro atoms. The van der Waals surface area contributed by atoms with Crippen LogP contribution in [0.2, 0.25) is 0 Å². The number of hydrogen-bond donors (Lipinski definition) is 4. The van der Waals surface area contributed by atoms with E-state index in [0.717, 1.165) is 22.4 Å². The molecule has 1 amide bonds. The van der Waals surface area contributed by atoms with Gasteiger partial charge in [-0.15, -0.1) is 0 Å². The summed E-state index contributed by atoms with van der Waals surface area (Å²) in [6.07, 6.45) is 0. The molecule has 4 aromatic carbocycles. The van der Waals surface area contributed by atoms with E-state index in [4.69, 9.17) is 0 Å². The Kier molecular flexibility index (Phi) is 4.01. The maximum atomic E-state index is 12.6. The lowest BCUT2D eigenvalue weighted by Gasteiger charge is -2.15. The highest BCUT2D eigenvalue weighted by atomic mass is 16.3. The predicted molar refractivity (Wildman–Crippen MR) is 126 cm³/mol. The number of hydrazine groups is 1. The molecule has 0 radical (unpaired) electrons. The average Bonchev–Trinajstić information content (AvgIpc) is 3.44. The van der Waals surface area contributed by atoms with Crippen LogP contribution in [0.5, 0.6) is 5.75 Å². The first-order valence-corrected chi connectivity index (χ1v) is 10.3. The number of carbonyl (C=O) groups excluding carboxylic acids is 1. The van der Waals surface area contributed by atoms with Crippen molar-refractivity contribution in [2.75, 3.05) is 15.8 Å². The Morgan fingerprint density at radius 2 is 1.81 bits per heavy atom. The second-order valence-electron chi connectivity index (χ2n) is 7.82. The van der Waals surface area contributed by atoms with E-state index in [1.54, 1.807) is 24.3 Å². The van der Waals surface area contributed by atoms with Gasteiger partial charge >= 0.3 is 0 Å². The molecule has 0 fully saturated rings. The minimum Gasteiger partial charge on any atom is -0.508 e. The van der Waals surface area contributed by atoms with Crippen LogP contribution in [0.1, 0.15) is 15.9 Å². The molecule has 1 aromatic heterocycles. The highest BCUT2D eigenvalue weighted by Crippen LogP contribution is 2.36. The second-order valence-corrected chi connectivity index (χ2v) is 7.82. The van der Waals surface area contributed by atoms with E-state index in [-0.39, 0.29) is 11.7 Å². The fraction of sp³-hybridized carbons (Fsp3) is 0.0400. The molecule has 7 nitrogen and oxygen atoms in total. The van der Waals surface area contributed by atoms with Crippen LogP contribution < -0.4 is 15.8 Å². The van der Waals surface area contributed by atoms with E-state index in [1.807, 2.05) is 17.1 Å². The number of H-pyrrole nitrogens is 1. The van der Waals surface area contributed by atoms with Crippen LogP contribution >= 0.6 is 0 Å². The van der Waals surface area contributed by atoms with Crippen LogP contribution in [0, 0.1) is 0 Å². The number of aromatic nitrogens is 2. The number of phenolic OH excluding ortho intramolecular Hbond substituents is 1. The zero-order valence-electron chi connectivity index (χ0n) is 17.0. The Hall–Kier alpha value is -4.52. The van der Waals surface area contributed by atoms with Crippen molar-refractivity contribution in [1.29, 1.82) is 0 Å². The lowest BCUT2D eigenvalue weighted by molar-refractivity contribution is 0.102. The number of carbonyl (C=O) groups is 1. The van der Waals surface area contributed by atoms with Gasteiger partial charge in [-0.2, -0.15) is 5.10 Å². The number of anilines is 3. The lowest BCUT2D eigenvalue weighted by atomic mass is 10.0. The minimum atomic E-state index is -0.230. The third-order valence-electron chi connectivity index (χ3n) is 5.80. The van der Waals surface area contributed by atoms with Crippen molar-refractivity contribution in [2.24, 2.45) is 0 Å². The number of phenols is 1. The van der Waals surface area contributed by atoms with Gasteiger partial charge in [0.1, 0.15) is 5.75 Å². The molecule has 4 N–H and O–H groups in total. The van der Waals surface area contributed by atoms with Gasteiger partial charge in [-0.05, 0) is 59.3 Å². The number of nitrogens with one attached hydrogen (secondary N) is 3. The molecule has 0 saturated carbocycles. The van der Waals surface area contributed by atoms with E-state index in [9.17, 15) is 9.90 Å². The molecule has 0 bridgehead atoms. The summed E-state index contributed by atoms with van der Waals surface area (Å²) < 4.78 is 0. The molecule has 0 unspecified atom stereocenters. The highest BCUT2D eigenvalue weighted by molar-refractivity contribution is 6.07. The second kappa shape index (κ2) is 7.02. The van der Waals surface area contributed by atoms with Crippen molar-refractivity contribution in [1.82, 2.24) is 10.2 Å². The van der Waals surface area contributed by atoms with Gasteiger partial charge in [0.15, 0.2) is 5.82 Å². The molecule has 32 heavy (non-hydrogen) atoms. The van der Waals surface area contributed by atoms with Crippen LogP contribution in [0.3, 0.4) is 0 Å². The van der Waals surface area contributed by atoms with Crippen LogP contribution in [-0.4, -0.2) is 21.2 Å². The highest BCUT2D eigenvalue weighted by Gasteiger charge is 2.24. The Bertz CT molecular complexity index is 1490. The normalized spacial score (nSPS) is 12.7. The summed E-state index contributed by atoms with van der Waals surface area (Å²) in [5.41, 5.74) is 7.67. The van der Waals surface area contributed by atoms with E-state index in [0.29, 0.717) is 17.8 Å². The maximum absolute atomic E-state index is 12.6. The summed E-state index contributed by atoms with van der Waals surface area (Å²) in [6, 6.07) is 24.4. The van der Waals surface area contributed by atoms with Crippen molar-refractivity contribution in [2.45, 2.75) is 6.54 Å². The number of nitrogens with zero attached hydrogens (tertiary/aromatic N) is 2. The van der Waals surface area contributed by atoms with Crippen molar-refractivity contribution in [3.8, 4) is 5.75 Å². The summed E-state index contributed by atoms with van der Waals surface area (Å²) >= 11 is 0. The summed E-state index contributed by atoms with van der Waals surface area (Å²) in [7, 11) is 0. The van der Waals surface area contributed by atoms with Gasteiger partial charge in [-0.1, -0.05) is 30.3 Å². The first-order valence-electron chi connectivity index (χ1n) is 10.3. The SMILES string of the molecule is O=C(Nc1ccc(O)cc1)c1ccc2c(N3Cc4c(ccc5ccccc45)N3)n[nH]c2c1.